The fraction of sp³-hybridized carbons (Fsp3) is 0.455. The van der Waals surface area contributed by atoms with Gasteiger partial charge in [-0.2, -0.15) is 11.3 Å². The van der Waals surface area contributed by atoms with Crippen molar-refractivity contribution in [3.63, 3.8) is 0 Å². The van der Waals surface area contributed by atoms with E-state index in [9.17, 15) is 4.79 Å². The Morgan fingerprint density at radius 1 is 1.14 bits per heavy atom. The smallest absolute Gasteiger partial charge is 0.253 e. The van der Waals surface area contributed by atoms with Crippen molar-refractivity contribution >= 4 is 23.2 Å². The summed E-state index contributed by atoms with van der Waals surface area (Å²) in [4.78, 5) is 18.8. The van der Waals surface area contributed by atoms with Crippen molar-refractivity contribution in [2.75, 3.05) is 26.7 Å². The number of piperidine rings is 1. The molecule has 1 aromatic heterocycles. The molecule has 5 nitrogen and oxygen atoms in total. The van der Waals surface area contributed by atoms with Gasteiger partial charge in [0, 0.05) is 38.8 Å². The predicted molar refractivity (Wildman–Crippen MR) is 117 cm³/mol. The molecule has 28 heavy (non-hydrogen) atoms. The molecule has 0 aliphatic carbocycles. The van der Waals surface area contributed by atoms with Gasteiger partial charge in [0.1, 0.15) is 0 Å². The fourth-order valence-corrected chi connectivity index (χ4v) is 4.16. The van der Waals surface area contributed by atoms with Crippen LogP contribution in [-0.4, -0.2) is 43.4 Å². The molecule has 1 fully saturated rings. The molecule has 1 aliphatic rings. The summed E-state index contributed by atoms with van der Waals surface area (Å²) < 4.78 is 0. The number of benzene rings is 1. The van der Waals surface area contributed by atoms with Gasteiger partial charge >= 0.3 is 0 Å². The van der Waals surface area contributed by atoms with E-state index in [1.165, 1.54) is 12.0 Å². The molecule has 1 amide bonds. The lowest BCUT2D eigenvalue weighted by molar-refractivity contribution is 0.0724. The number of carbonyl (C=O) groups excluding carboxylic acids is 1. The first kappa shape index (κ1) is 20.4. The lowest BCUT2D eigenvalue weighted by Gasteiger charge is -2.26. The molecule has 1 unspecified atom stereocenters. The number of hydrogen-bond donors (Lipinski definition) is 2. The molecule has 150 valence electrons. The number of hydrogen-bond acceptors (Lipinski definition) is 3. The van der Waals surface area contributed by atoms with Crippen LogP contribution in [0.4, 0.5) is 0 Å². The van der Waals surface area contributed by atoms with Gasteiger partial charge in [-0.25, -0.2) is 0 Å². The number of amides is 1. The quantitative estimate of drug-likeness (QED) is 0.574. The number of guanidine groups is 1. The second-order valence-electron chi connectivity index (χ2n) is 7.31. The zero-order chi connectivity index (χ0) is 19.8. The van der Waals surface area contributed by atoms with Gasteiger partial charge in [-0.3, -0.25) is 9.79 Å². The Hall–Kier alpha value is -2.34. The fourth-order valence-electron chi connectivity index (χ4n) is 3.37. The van der Waals surface area contributed by atoms with Crippen molar-refractivity contribution in [1.82, 2.24) is 15.5 Å². The molecule has 2 aromatic rings. The Kier molecular flexibility index (Phi) is 7.48. The van der Waals surface area contributed by atoms with E-state index in [0.717, 1.165) is 49.6 Å². The van der Waals surface area contributed by atoms with Crippen molar-refractivity contribution in [2.24, 2.45) is 4.99 Å². The summed E-state index contributed by atoms with van der Waals surface area (Å²) >= 11 is 1.73. The normalized spacial score (nSPS) is 15.9. The third-order valence-electron chi connectivity index (χ3n) is 5.22. The molecular formula is C22H30N4OS. The summed E-state index contributed by atoms with van der Waals surface area (Å²) in [6.45, 7) is 5.48. The van der Waals surface area contributed by atoms with E-state index in [2.05, 4.69) is 39.4 Å². The van der Waals surface area contributed by atoms with Gasteiger partial charge in [-0.05, 0) is 65.3 Å². The monoisotopic (exact) mass is 398 g/mol. The van der Waals surface area contributed by atoms with E-state index in [1.807, 2.05) is 29.2 Å². The second-order valence-corrected chi connectivity index (χ2v) is 8.09. The standard InChI is InChI=1S/C22H30N4OS/c1-17(20-10-13-28-16-20)14-24-22(23-2)25-15-18-6-8-19(9-7-18)21(27)26-11-4-3-5-12-26/h6-10,13,16-17H,3-5,11-12,14-15H2,1-2H3,(H2,23,24,25). The molecule has 1 atom stereocenters. The molecule has 1 aromatic carbocycles. The van der Waals surface area contributed by atoms with Crippen molar-refractivity contribution < 1.29 is 4.79 Å². The number of thiophene rings is 1. The number of rotatable bonds is 6. The molecule has 1 aliphatic heterocycles. The van der Waals surface area contributed by atoms with E-state index in [1.54, 1.807) is 18.4 Å². The molecular weight excluding hydrogens is 368 g/mol. The average Bonchev–Trinajstić information content (AvgIpc) is 3.29. The second kappa shape index (κ2) is 10.3. The van der Waals surface area contributed by atoms with Gasteiger partial charge in [0.25, 0.3) is 5.91 Å². The SMILES string of the molecule is CN=C(NCc1ccc(C(=O)N2CCCCC2)cc1)NCC(C)c1ccsc1. The molecule has 0 radical (unpaired) electrons. The first-order valence-electron chi connectivity index (χ1n) is 10.0. The van der Waals surface area contributed by atoms with Gasteiger partial charge in [0.2, 0.25) is 0 Å². The van der Waals surface area contributed by atoms with Gasteiger partial charge in [-0.1, -0.05) is 19.1 Å². The largest absolute Gasteiger partial charge is 0.356 e. The van der Waals surface area contributed by atoms with Crippen LogP contribution in [0.25, 0.3) is 0 Å². The van der Waals surface area contributed by atoms with E-state index >= 15 is 0 Å². The lowest BCUT2D eigenvalue weighted by atomic mass is 10.1. The van der Waals surface area contributed by atoms with Crippen LogP contribution in [0, 0.1) is 0 Å². The maximum Gasteiger partial charge on any atom is 0.253 e. The van der Waals surface area contributed by atoms with E-state index < -0.39 is 0 Å². The van der Waals surface area contributed by atoms with E-state index in [-0.39, 0.29) is 5.91 Å². The first-order valence-corrected chi connectivity index (χ1v) is 11.0. The minimum Gasteiger partial charge on any atom is -0.356 e. The first-order chi connectivity index (χ1) is 13.7. The van der Waals surface area contributed by atoms with Crippen molar-refractivity contribution in [1.29, 1.82) is 0 Å². The van der Waals surface area contributed by atoms with Gasteiger partial charge < -0.3 is 15.5 Å². The maximum absolute atomic E-state index is 12.6. The van der Waals surface area contributed by atoms with Gasteiger partial charge in [0.05, 0.1) is 0 Å². The summed E-state index contributed by atoms with van der Waals surface area (Å²) in [6, 6.07) is 10.1. The third-order valence-corrected chi connectivity index (χ3v) is 5.92. The average molecular weight is 399 g/mol. The Bertz CT molecular complexity index is 764. The van der Waals surface area contributed by atoms with Crippen LogP contribution in [0.1, 0.15) is 53.6 Å². The van der Waals surface area contributed by atoms with Crippen molar-refractivity contribution in [3.05, 3.63) is 57.8 Å². The summed E-state index contributed by atoms with van der Waals surface area (Å²) in [5.74, 6) is 1.37. The van der Waals surface area contributed by atoms with Crippen LogP contribution in [0.2, 0.25) is 0 Å². The molecule has 1 saturated heterocycles. The Balaban J connectivity index is 1.47. The summed E-state index contributed by atoms with van der Waals surface area (Å²) in [5, 5.41) is 11.0. The highest BCUT2D eigenvalue weighted by Gasteiger charge is 2.17. The van der Waals surface area contributed by atoms with Crippen LogP contribution in [0.3, 0.4) is 0 Å². The van der Waals surface area contributed by atoms with Crippen LogP contribution in [0.15, 0.2) is 46.1 Å². The lowest BCUT2D eigenvalue weighted by Crippen LogP contribution is -2.38. The summed E-state index contributed by atoms with van der Waals surface area (Å²) in [7, 11) is 1.78. The summed E-state index contributed by atoms with van der Waals surface area (Å²) in [6.07, 6.45) is 3.46. The number of nitrogens with one attached hydrogen (secondary N) is 2. The highest BCUT2D eigenvalue weighted by Crippen LogP contribution is 2.17. The predicted octanol–water partition coefficient (Wildman–Crippen LogP) is 3.84. The van der Waals surface area contributed by atoms with E-state index in [4.69, 9.17) is 0 Å². The summed E-state index contributed by atoms with van der Waals surface area (Å²) in [5.41, 5.74) is 3.25. The minimum absolute atomic E-state index is 0.152. The van der Waals surface area contributed by atoms with Gasteiger partial charge in [0.15, 0.2) is 5.96 Å². The number of nitrogens with zero attached hydrogens (tertiary/aromatic N) is 2. The molecule has 6 heteroatoms. The highest BCUT2D eigenvalue weighted by molar-refractivity contribution is 7.07. The number of carbonyl (C=O) groups is 1. The minimum atomic E-state index is 0.152. The maximum atomic E-state index is 12.6. The molecule has 0 spiro atoms. The molecule has 2 N–H and O–H groups in total. The Labute approximate surface area is 171 Å². The van der Waals surface area contributed by atoms with Crippen LogP contribution in [-0.2, 0) is 6.54 Å². The van der Waals surface area contributed by atoms with Crippen molar-refractivity contribution in [2.45, 2.75) is 38.6 Å². The Morgan fingerprint density at radius 3 is 2.54 bits per heavy atom. The zero-order valence-electron chi connectivity index (χ0n) is 16.8. The third kappa shape index (κ3) is 5.58. The highest BCUT2D eigenvalue weighted by atomic mass is 32.1. The van der Waals surface area contributed by atoms with Crippen LogP contribution in [0.5, 0.6) is 0 Å². The molecule has 0 bridgehead atoms. The van der Waals surface area contributed by atoms with Crippen LogP contribution >= 0.6 is 11.3 Å². The Morgan fingerprint density at radius 2 is 1.89 bits per heavy atom. The van der Waals surface area contributed by atoms with E-state index in [0.29, 0.717) is 12.5 Å². The zero-order valence-corrected chi connectivity index (χ0v) is 17.6. The molecule has 0 saturated carbocycles. The molecule has 3 rings (SSSR count). The molecule has 2 heterocycles. The topological polar surface area (TPSA) is 56.7 Å². The van der Waals surface area contributed by atoms with Crippen LogP contribution < -0.4 is 10.6 Å². The number of likely N-dealkylation sites (tertiary alicyclic amines) is 1. The van der Waals surface area contributed by atoms with Crippen molar-refractivity contribution in [3.8, 4) is 0 Å². The number of aliphatic imine (C=N–C) groups is 1. The van der Waals surface area contributed by atoms with Gasteiger partial charge in [-0.15, -0.1) is 0 Å².